The number of aliphatic hydroxyl groups excluding tert-OH is 1. The summed E-state index contributed by atoms with van der Waals surface area (Å²) in [6.45, 7) is -0.726. The first-order valence-electron chi connectivity index (χ1n) is 7.23. The lowest BCUT2D eigenvalue weighted by Crippen LogP contribution is -2.45. The standard InChI is InChI=1S/C15H14F3N3O5/c1-21(10(7-22)13(24)25)11(23)6-8-2-4-9(5-3-8)12-19-14(26-20-12)15(16,17)18/h2-5,10,22H,6-7H2,1H3,(H,24,25). The highest BCUT2D eigenvalue weighted by Gasteiger charge is 2.38. The first kappa shape index (κ1) is 19.4. The zero-order chi connectivity index (χ0) is 19.5. The summed E-state index contributed by atoms with van der Waals surface area (Å²) in [5.41, 5.74) is 0.750. The average molecular weight is 373 g/mol. The summed E-state index contributed by atoms with van der Waals surface area (Å²) >= 11 is 0. The van der Waals surface area contributed by atoms with Crippen molar-refractivity contribution in [3.05, 3.63) is 35.7 Å². The van der Waals surface area contributed by atoms with Crippen LogP contribution < -0.4 is 0 Å². The van der Waals surface area contributed by atoms with Gasteiger partial charge in [0.15, 0.2) is 6.04 Å². The summed E-state index contributed by atoms with van der Waals surface area (Å²) < 4.78 is 41.5. The van der Waals surface area contributed by atoms with Gasteiger partial charge in [0, 0.05) is 12.6 Å². The van der Waals surface area contributed by atoms with Gasteiger partial charge < -0.3 is 19.6 Å². The fourth-order valence-electron chi connectivity index (χ4n) is 2.07. The van der Waals surface area contributed by atoms with E-state index in [1.54, 1.807) is 0 Å². The Labute approximate surface area is 144 Å². The maximum atomic E-state index is 12.5. The van der Waals surface area contributed by atoms with Crippen molar-refractivity contribution in [1.29, 1.82) is 0 Å². The van der Waals surface area contributed by atoms with Crippen LogP contribution in [0.4, 0.5) is 13.2 Å². The highest BCUT2D eigenvalue weighted by atomic mass is 19.4. The lowest BCUT2D eigenvalue weighted by Gasteiger charge is -2.23. The summed E-state index contributed by atoms with van der Waals surface area (Å²) in [5, 5.41) is 21.2. The maximum Gasteiger partial charge on any atom is 0.471 e. The van der Waals surface area contributed by atoms with Crippen LogP contribution in [0.15, 0.2) is 28.8 Å². The summed E-state index contributed by atoms with van der Waals surface area (Å²) in [6, 6.07) is 4.41. The number of likely N-dealkylation sites (N-methyl/N-ethyl adjacent to an activating group) is 1. The van der Waals surface area contributed by atoms with Crippen LogP contribution in [0, 0.1) is 0 Å². The number of aliphatic carboxylic acids is 1. The summed E-state index contributed by atoms with van der Waals surface area (Å²) in [4.78, 5) is 27.2. The van der Waals surface area contributed by atoms with Crippen LogP contribution in [0.1, 0.15) is 11.5 Å². The lowest BCUT2D eigenvalue weighted by atomic mass is 10.1. The number of rotatable bonds is 6. The number of aromatic nitrogens is 2. The molecule has 1 aromatic carbocycles. The molecule has 11 heteroatoms. The van der Waals surface area contributed by atoms with E-state index < -0.39 is 36.6 Å². The highest BCUT2D eigenvalue weighted by Crippen LogP contribution is 2.29. The van der Waals surface area contributed by atoms with E-state index in [-0.39, 0.29) is 17.8 Å². The molecule has 1 amide bonds. The Morgan fingerprint density at radius 2 is 1.88 bits per heavy atom. The molecule has 8 nitrogen and oxygen atoms in total. The van der Waals surface area contributed by atoms with Crippen LogP contribution >= 0.6 is 0 Å². The molecule has 2 rings (SSSR count). The summed E-state index contributed by atoms with van der Waals surface area (Å²) in [6.07, 6.45) is -4.89. The van der Waals surface area contributed by atoms with Crippen molar-refractivity contribution in [3.8, 4) is 11.4 Å². The molecule has 0 saturated heterocycles. The lowest BCUT2D eigenvalue weighted by molar-refractivity contribution is -0.159. The number of benzene rings is 1. The second-order valence-electron chi connectivity index (χ2n) is 5.34. The molecule has 0 aliphatic heterocycles. The van der Waals surface area contributed by atoms with E-state index >= 15 is 0 Å². The second kappa shape index (κ2) is 7.52. The number of nitrogens with zero attached hydrogens (tertiary/aromatic N) is 3. The molecule has 1 heterocycles. The minimum atomic E-state index is -4.74. The van der Waals surface area contributed by atoms with E-state index in [0.717, 1.165) is 4.90 Å². The minimum Gasteiger partial charge on any atom is -0.480 e. The average Bonchev–Trinajstić information content (AvgIpc) is 3.06. The van der Waals surface area contributed by atoms with Gasteiger partial charge in [-0.2, -0.15) is 18.2 Å². The molecule has 0 aliphatic carbocycles. The molecule has 1 unspecified atom stereocenters. The van der Waals surface area contributed by atoms with Crippen LogP contribution in [0.2, 0.25) is 0 Å². The van der Waals surface area contributed by atoms with Crippen LogP contribution in [-0.4, -0.2) is 56.8 Å². The zero-order valence-electron chi connectivity index (χ0n) is 13.4. The first-order chi connectivity index (χ1) is 12.1. The first-order valence-corrected chi connectivity index (χ1v) is 7.23. The van der Waals surface area contributed by atoms with Gasteiger partial charge in [0.05, 0.1) is 13.0 Å². The van der Waals surface area contributed by atoms with Crippen molar-refractivity contribution in [2.45, 2.75) is 18.6 Å². The Morgan fingerprint density at radius 1 is 1.27 bits per heavy atom. The topological polar surface area (TPSA) is 117 Å². The third kappa shape index (κ3) is 4.36. The molecule has 0 aliphatic rings. The van der Waals surface area contributed by atoms with Gasteiger partial charge in [0.25, 0.3) is 0 Å². The number of halogens is 3. The van der Waals surface area contributed by atoms with E-state index in [1.165, 1.54) is 31.3 Å². The van der Waals surface area contributed by atoms with E-state index in [0.29, 0.717) is 5.56 Å². The third-order valence-corrected chi connectivity index (χ3v) is 3.55. The Balaban J connectivity index is 2.09. The molecular weight excluding hydrogens is 359 g/mol. The predicted molar refractivity (Wildman–Crippen MR) is 79.7 cm³/mol. The predicted octanol–water partition coefficient (Wildman–Crippen LogP) is 1.20. The van der Waals surface area contributed by atoms with Gasteiger partial charge in [-0.05, 0) is 5.56 Å². The SMILES string of the molecule is CN(C(=O)Cc1ccc(-c2noc(C(F)(F)F)n2)cc1)C(CO)C(=O)O. The van der Waals surface area contributed by atoms with Crippen molar-refractivity contribution in [2.75, 3.05) is 13.7 Å². The quantitative estimate of drug-likeness (QED) is 0.781. The number of carboxylic acid groups (broad SMARTS) is 1. The van der Waals surface area contributed by atoms with Crippen molar-refractivity contribution in [3.63, 3.8) is 0 Å². The fraction of sp³-hybridized carbons (Fsp3) is 0.333. The van der Waals surface area contributed by atoms with Gasteiger partial charge >= 0.3 is 18.0 Å². The molecular formula is C15H14F3N3O5. The smallest absolute Gasteiger partial charge is 0.471 e. The van der Waals surface area contributed by atoms with Crippen LogP contribution in [0.25, 0.3) is 11.4 Å². The molecule has 0 bridgehead atoms. The summed E-state index contributed by atoms with van der Waals surface area (Å²) in [7, 11) is 1.25. The van der Waals surface area contributed by atoms with Crippen LogP contribution in [0.3, 0.4) is 0 Å². The largest absolute Gasteiger partial charge is 0.480 e. The molecule has 0 radical (unpaired) electrons. The number of carbonyl (C=O) groups excluding carboxylic acids is 1. The third-order valence-electron chi connectivity index (χ3n) is 3.55. The van der Waals surface area contributed by atoms with Gasteiger partial charge in [0.1, 0.15) is 0 Å². The molecule has 2 aromatic rings. The van der Waals surface area contributed by atoms with Gasteiger partial charge in [-0.25, -0.2) is 4.79 Å². The van der Waals surface area contributed by atoms with E-state index in [4.69, 9.17) is 10.2 Å². The monoisotopic (exact) mass is 373 g/mol. The normalized spacial score (nSPS) is 12.7. The van der Waals surface area contributed by atoms with Crippen LogP contribution in [0.5, 0.6) is 0 Å². The Morgan fingerprint density at radius 3 is 2.35 bits per heavy atom. The zero-order valence-corrected chi connectivity index (χ0v) is 13.4. The number of carboxylic acids is 1. The number of hydrogen-bond acceptors (Lipinski definition) is 6. The van der Waals surface area contributed by atoms with Crippen molar-refractivity contribution < 1.29 is 37.5 Å². The number of amides is 1. The number of aliphatic hydroxyl groups is 1. The highest BCUT2D eigenvalue weighted by molar-refractivity contribution is 5.85. The molecule has 1 aromatic heterocycles. The molecule has 26 heavy (non-hydrogen) atoms. The van der Waals surface area contributed by atoms with Gasteiger partial charge in [0.2, 0.25) is 11.7 Å². The van der Waals surface area contributed by atoms with Crippen LogP contribution in [-0.2, 0) is 22.2 Å². The summed E-state index contributed by atoms with van der Waals surface area (Å²) in [5.74, 6) is -3.59. The molecule has 0 saturated carbocycles. The van der Waals surface area contributed by atoms with Crippen molar-refractivity contribution >= 4 is 11.9 Å². The van der Waals surface area contributed by atoms with Crippen molar-refractivity contribution in [1.82, 2.24) is 15.0 Å². The van der Waals surface area contributed by atoms with Crippen molar-refractivity contribution in [2.24, 2.45) is 0 Å². The van der Waals surface area contributed by atoms with E-state index in [2.05, 4.69) is 14.7 Å². The number of hydrogen-bond donors (Lipinski definition) is 2. The maximum absolute atomic E-state index is 12.5. The van der Waals surface area contributed by atoms with E-state index in [9.17, 15) is 22.8 Å². The molecule has 0 spiro atoms. The van der Waals surface area contributed by atoms with Gasteiger partial charge in [-0.1, -0.05) is 29.4 Å². The second-order valence-corrected chi connectivity index (χ2v) is 5.34. The Kier molecular flexibility index (Phi) is 5.60. The molecule has 2 N–H and O–H groups in total. The minimum absolute atomic E-state index is 0.152. The van der Waals surface area contributed by atoms with Gasteiger partial charge in [-0.3, -0.25) is 4.79 Å². The molecule has 0 fully saturated rings. The fourth-order valence-corrected chi connectivity index (χ4v) is 2.07. The Hall–Kier alpha value is -2.95. The molecule has 140 valence electrons. The Bertz CT molecular complexity index is 789. The molecule has 1 atom stereocenters. The number of alkyl halides is 3. The van der Waals surface area contributed by atoms with E-state index in [1.807, 2.05) is 0 Å². The number of carbonyl (C=O) groups is 2. The van der Waals surface area contributed by atoms with Gasteiger partial charge in [-0.15, -0.1) is 0 Å².